The Hall–Kier alpha value is -4.53. The van der Waals surface area contributed by atoms with E-state index in [1.807, 2.05) is 44.2 Å². The number of methoxy groups -OCH3 is 1. The van der Waals surface area contributed by atoms with Crippen LogP contribution in [-0.2, 0) is 16.1 Å². The summed E-state index contributed by atoms with van der Waals surface area (Å²) in [5.74, 6) is -0.691. The zero-order chi connectivity index (χ0) is 29.8. The molecule has 0 aliphatic carbocycles. The molecule has 0 spiro atoms. The number of cyclic esters (lactones) is 1. The first-order valence-corrected chi connectivity index (χ1v) is 14.2. The summed E-state index contributed by atoms with van der Waals surface area (Å²) in [6, 6.07) is 17.4. The van der Waals surface area contributed by atoms with Gasteiger partial charge in [0.15, 0.2) is 0 Å². The molecule has 1 aliphatic heterocycles. The molecule has 0 unspecified atom stereocenters. The van der Waals surface area contributed by atoms with E-state index in [4.69, 9.17) is 9.47 Å². The first-order chi connectivity index (χ1) is 20.2. The summed E-state index contributed by atoms with van der Waals surface area (Å²) in [6.07, 6.45) is 3.10. The maximum Gasteiger partial charge on any atom is 0.316 e. The zero-order valence-electron chi connectivity index (χ0n) is 24.3. The second-order valence-electron chi connectivity index (χ2n) is 11.0. The minimum absolute atomic E-state index is 0.0777. The number of anilines is 1. The first-order valence-electron chi connectivity index (χ1n) is 14.2. The average Bonchev–Trinajstić information content (AvgIpc) is 3.32. The lowest BCUT2D eigenvalue weighted by atomic mass is 9.95. The highest BCUT2D eigenvalue weighted by atomic mass is 19.1. The van der Waals surface area contributed by atoms with Gasteiger partial charge in [-0.25, -0.2) is 9.37 Å². The van der Waals surface area contributed by atoms with Gasteiger partial charge in [-0.05, 0) is 66.3 Å². The van der Waals surface area contributed by atoms with Crippen LogP contribution >= 0.6 is 0 Å². The smallest absolute Gasteiger partial charge is 0.316 e. The van der Waals surface area contributed by atoms with Gasteiger partial charge in [-0.15, -0.1) is 0 Å². The van der Waals surface area contributed by atoms with Crippen molar-refractivity contribution in [1.29, 1.82) is 0 Å². The number of hydrogen-bond donors (Lipinski definition) is 1. The van der Waals surface area contributed by atoms with Gasteiger partial charge < -0.3 is 19.4 Å². The number of esters is 1. The summed E-state index contributed by atoms with van der Waals surface area (Å²) < 4.78 is 27.3. The maximum absolute atomic E-state index is 14.2. The van der Waals surface area contributed by atoms with Gasteiger partial charge >= 0.3 is 12.0 Å². The number of aromatic nitrogens is 3. The predicted molar refractivity (Wildman–Crippen MR) is 159 cm³/mol. The quantitative estimate of drug-likeness (QED) is 0.221. The summed E-state index contributed by atoms with van der Waals surface area (Å²) in [4.78, 5) is 35.2. The van der Waals surface area contributed by atoms with E-state index in [0.717, 1.165) is 17.7 Å². The predicted octanol–water partition coefficient (Wildman–Crippen LogP) is 6.87. The zero-order valence-corrected chi connectivity index (χ0v) is 24.3. The monoisotopic (exact) mass is 570 g/mol. The third-order valence-electron chi connectivity index (χ3n) is 7.45. The number of para-hydroxylation sites is 1. The number of nitrogens with zero attached hydrogens (tertiary/aromatic N) is 3. The minimum atomic E-state index is -0.364. The van der Waals surface area contributed by atoms with Crippen molar-refractivity contribution in [3.8, 4) is 28.5 Å². The number of carbonyl (C=O) groups excluding carboxylic acids is 2. The van der Waals surface area contributed by atoms with Crippen LogP contribution in [0.4, 0.5) is 10.1 Å². The summed E-state index contributed by atoms with van der Waals surface area (Å²) >= 11 is 0. The molecule has 1 saturated heterocycles. The molecule has 9 heteroatoms. The van der Waals surface area contributed by atoms with E-state index >= 15 is 0 Å². The van der Waals surface area contributed by atoms with Crippen molar-refractivity contribution in [2.75, 3.05) is 12.4 Å². The number of nitrogens with one attached hydrogen (secondary N) is 1. The van der Waals surface area contributed by atoms with Crippen LogP contribution in [-0.4, -0.2) is 39.6 Å². The van der Waals surface area contributed by atoms with Gasteiger partial charge in [0.05, 0.1) is 24.1 Å². The van der Waals surface area contributed by atoms with E-state index < -0.39 is 0 Å². The maximum atomic E-state index is 14.2. The molecule has 8 nitrogen and oxygen atoms in total. The molecule has 0 radical (unpaired) electrons. The van der Waals surface area contributed by atoms with Gasteiger partial charge in [0.2, 0.25) is 0 Å². The molecule has 0 bridgehead atoms. The molecule has 2 aromatic carbocycles. The number of hydrogen-bond acceptors (Lipinski definition) is 6. The van der Waals surface area contributed by atoms with Crippen LogP contribution in [0.2, 0.25) is 0 Å². The van der Waals surface area contributed by atoms with Crippen molar-refractivity contribution in [2.24, 2.45) is 5.92 Å². The van der Waals surface area contributed by atoms with Crippen molar-refractivity contribution < 1.29 is 23.5 Å². The molecule has 2 aromatic heterocycles. The molecular formula is C33H35FN4O4. The van der Waals surface area contributed by atoms with E-state index in [9.17, 15) is 14.0 Å². The third-order valence-corrected chi connectivity index (χ3v) is 7.45. The standard InChI is InChI=1S/C33H35FN4O4/c1-20(2)30-29(32(40)36-24-8-6-5-7-9-24)28(26-14-16-35-33(37-26)41-4)31(22-10-12-23(34)13-11-22)38(30)17-15-25-18-21(3)19-27(39)42-25/h5-14,16,20-21,25H,15,17-19H2,1-4H3,(H,36,40)/t21-,25-/m1/s1. The Morgan fingerprint density at radius 2 is 1.88 bits per heavy atom. The van der Waals surface area contributed by atoms with Crippen molar-refractivity contribution in [3.63, 3.8) is 0 Å². The second kappa shape index (κ2) is 12.5. The highest BCUT2D eigenvalue weighted by molar-refractivity contribution is 6.12. The molecule has 0 saturated carbocycles. The van der Waals surface area contributed by atoms with Crippen LogP contribution in [0.5, 0.6) is 6.01 Å². The van der Waals surface area contributed by atoms with Gasteiger partial charge in [-0.3, -0.25) is 9.59 Å². The fourth-order valence-corrected chi connectivity index (χ4v) is 5.70. The Kier molecular flexibility index (Phi) is 8.66. The van der Waals surface area contributed by atoms with E-state index in [1.165, 1.54) is 19.2 Å². The van der Waals surface area contributed by atoms with Crippen molar-refractivity contribution >= 4 is 17.6 Å². The van der Waals surface area contributed by atoms with E-state index in [0.29, 0.717) is 47.6 Å². The lowest BCUT2D eigenvalue weighted by Crippen LogP contribution is -2.29. The van der Waals surface area contributed by atoms with E-state index in [2.05, 4.69) is 26.8 Å². The van der Waals surface area contributed by atoms with E-state index in [-0.39, 0.29) is 41.6 Å². The number of ether oxygens (including phenoxy) is 2. The largest absolute Gasteiger partial charge is 0.467 e. The summed E-state index contributed by atoms with van der Waals surface area (Å²) in [6.45, 7) is 6.59. The topological polar surface area (TPSA) is 95.3 Å². The molecule has 218 valence electrons. The van der Waals surface area contributed by atoms with E-state index in [1.54, 1.807) is 24.4 Å². The highest BCUT2D eigenvalue weighted by Gasteiger charge is 2.33. The highest BCUT2D eigenvalue weighted by Crippen LogP contribution is 2.42. The number of carbonyl (C=O) groups is 2. The lowest BCUT2D eigenvalue weighted by Gasteiger charge is -2.27. The van der Waals surface area contributed by atoms with Crippen molar-refractivity contribution in [3.05, 3.63) is 83.9 Å². The van der Waals surface area contributed by atoms with Crippen LogP contribution in [0, 0.1) is 11.7 Å². The van der Waals surface area contributed by atoms with Crippen LogP contribution in [0.3, 0.4) is 0 Å². The van der Waals surface area contributed by atoms with Gasteiger partial charge in [-0.2, -0.15) is 4.98 Å². The van der Waals surface area contributed by atoms with Crippen LogP contribution < -0.4 is 10.1 Å². The molecule has 5 rings (SSSR count). The summed E-state index contributed by atoms with van der Waals surface area (Å²) in [7, 11) is 1.49. The number of rotatable bonds is 9. The Balaban J connectivity index is 1.74. The number of benzene rings is 2. The van der Waals surface area contributed by atoms with Gasteiger partial charge in [0, 0.05) is 42.5 Å². The Morgan fingerprint density at radius 1 is 1.14 bits per heavy atom. The van der Waals surface area contributed by atoms with Crippen LogP contribution in [0.15, 0.2) is 66.9 Å². The molecule has 3 heterocycles. The fraction of sp³-hybridized carbons (Fsp3) is 0.333. The molecular weight excluding hydrogens is 535 g/mol. The number of amides is 1. The average molecular weight is 571 g/mol. The summed E-state index contributed by atoms with van der Waals surface area (Å²) in [5.41, 5.74) is 4.44. The molecule has 4 aromatic rings. The van der Waals surface area contributed by atoms with Crippen LogP contribution in [0.25, 0.3) is 22.5 Å². The second-order valence-corrected chi connectivity index (χ2v) is 11.0. The molecule has 1 fully saturated rings. The normalized spacial score (nSPS) is 16.8. The van der Waals surface area contributed by atoms with Gasteiger partial charge in [-0.1, -0.05) is 39.0 Å². The minimum Gasteiger partial charge on any atom is -0.467 e. The SMILES string of the molecule is COc1nccc(-c2c(C(=O)Nc3ccccc3)c(C(C)C)n(CC[C@@H]3C[C@@H](C)CC(=O)O3)c2-c2ccc(F)cc2)n1. The molecule has 1 N–H and O–H groups in total. The molecule has 1 amide bonds. The third kappa shape index (κ3) is 6.20. The Morgan fingerprint density at radius 3 is 2.55 bits per heavy atom. The Labute approximate surface area is 244 Å². The molecule has 42 heavy (non-hydrogen) atoms. The van der Waals surface area contributed by atoms with Crippen LogP contribution in [0.1, 0.15) is 62.0 Å². The van der Waals surface area contributed by atoms with Gasteiger partial charge in [0.1, 0.15) is 11.9 Å². The van der Waals surface area contributed by atoms with Crippen molar-refractivity contribution in [2.45, 2.75) is 58.6 Å². The lowest BCUT2D eigenvalue weighted by molar-refractivity contribution is -0.156. The molecule has 1 aliphatic rings. The van der Waals surface area contributed by atoms with Crippen molar-refractivity contribution in [1.82, 2.24) is 14.5 Å². The fourth-order valence-electron chi connectivity index (χ4n) is 5.70. The van der Waals surface area contributed by atoms with Gasteiger partial charge in [0.25, 0.3) is 5.91 Å². The first kappa shape index (κ1) is 29.0. The summed E-state index contributed by atoms with van der Waals surface area (Å²) in [5, 5.41) is 3.05. The number of halogens is 1. The molecule has 2 atom stereocenters. The Bertz CT molecular complexity index is 1570.